The van der Waals surface area contributed by atoms with Gasteiger partial charge in [0.1, 0.15) is 5.82 Å². The Hall–Kier alpha value is -2.94. The van der Waals surface area contributed by atoms with Gasteiger partial charge in [0.05, 0.1) is 22.8 Å². The fourth-order valence-corrected chi connectivity index (χ4v) is 4.26. The van der Waals surface area contributed by atoms with Crippen molar-refractivity contribution in [3.63, 3.8) is 0 Å². The first-order chi connectivity index (χ1) is 14.1. The van der Waals surface area contributed by atoms with E-state index < -0.39 is 21.7 Å². The molecule has 0 saturated carbocycles. The summed E-state index contributed by atoms with van der Waals surface area (Å²) in [6.07, 6.45) is 4.16. The molecule has 8 nitrogen and oxygen atoms in total. The quantitative estimate of drug-likeness (QED) is 0.721. The van der Waals surface area contributed by atoms with Crippen molar-refractivity contribution >= 4 is 33.2 Å². The first-order valence-corrected chi connectivity index (χ1v) is 11.6. The minimum absolute atomic E-state index is 0.220. The summed E-state index contributed by atoms with van der Waals surface area (Å²) in [5.41, 5.74) is 7.61. The van der Waals surface area contributed by atoms with Crippen molar-refractivity contribution in [2.75, 3.05) is 23.9 Å². The topological polar surface area (TPSA) is 122 Å². The first kappa shape index (κ1) is 21.8. The van der Waals surface area contributed by atoms with Gasteiger partial charge in [0.2, 0.25) is 0 Å². The fraction of sp³-hybridized carbons (Fsp3) is 0.381. The highest BCUT2D eigenvalue weighted by molar-refractivity contribution is 7.90. The van der Waals surface area contributed by atoms with Crippen molar-refractivity contribution in [1.82, 2.24) is 9.88 Å². The second-order valence-corrected chi connectivity index (χ2v) is 9.89. The van der Waals surface area contributed by atoms with E-state index in [1.165, 1.54) is 18.3 Å². The smallest absolute Gasteiger partial charge is 0.313 e. The number of aryl methyl sites for hydroxylation is 1. The van der Waals surface area contributed by atoms with E-state index in [9.17, 15) is 18.0 Å². The van der Waals surface area contributed by atoms with Crippen molar-refractivity contribution in [1.29, 1.82) is 0 Å². The summed E-state index contributed by atoms with van der Waals surface area (Å²) >= 11 is 0. The summed E-state index contributed by atoms with van der Waals surface area (Å²) < 4.78 is 23.4. The number of likely N-dealkylation sites (tertiary alicyclic amines) is 1. The molecule has 30 heavy (non-hydrogen) atoms. The minimum atomic E-state index is -3.30. The number of hydrogen-bond donors (Lipinski definition) is 2. The standard InChI is InChI=1S/C21H26N4O4S/c1-13-4-9-18(15-5-7-17(8-6-15)30(3,28)29)25(12-13)21(27)20(26)24-16-10-14(2)19(22)23-11-16/h5-8,10-11,13,18H,4,9,12H2,1-3H3,(H2,22,23)(H,24,26)/t13-,18?/m0/s1. The summed E-state index contributed by atoms with van der Waals surface area (Å²) in [7, 11) is -3.30. The normalized spacial score (nSPS) is 19.4. The van der Waals surface area contributed by atoms with Gasteiger partial charge in [0, 0.05) is 12.8 Å². The molecule has 2 amide bonds. The van der Waals surface area contributed by atoms with Crippen LogP contribution in [0, 0.1) is 12.8 Å². The van der Waals surface area contributed by atoms with E-state index in [0.29, 0.717) is 30.0 Å². The van der Waals surface area contributed by atoms with Gasteiger partial charge in [-0.05, 0) is 55.0 Å². The number of carbonyl (C=O) groups excluding carboxylic acids is 2. The molecule has 160 valence electrons. The fourth-order valence-electron chi connectivity index (χ4n) is 3.63. The lowest BCUT2D eigenvalue weighted by atomic mass is 9.90. The van der Waals surface area contributed by atoms with Crippen LogP contribution in [-0.4, -0.2) is 42.9 Å². The monoisotopic (exact) mass is 430 g/mol. The number of nitrogen functional groups attached to an aromatic ring is 1. The number of rotatable bonds is 3. The molecule has 1 aliphatic rings. The number of benzene rings is 1. The molecule has 0 spiro atoms. The second kappa shape index (κ2) is 8.43. The van der Waals surface area contributed by atoms with Gasteiger partial charge < -0.3 is 16.0 Å². The van der Waals surface area contributed by atoms with Crippen molar-refractivity contribution in [2.45, 2.75) is 37.6 Å². The van der Waals surface area contributed by atoms with Crippen LogP contribution < -0.4 is 11.1 Å². The number of nitrogens with zero attached hydrogens (tertiary/aromatic N) is 2. The molecule has 3 N–H and O–H groups in total. The van der Waals surface area contributed by atoms with Crippen LogP contribution in [0.5, 0.6) is 0 Å². The number of nitrogens with one attached hydrogen (secondary N) is 1. The predicted molar refractivity (Wildman–Crippen MR) is 114 cm³/mol. The molecule has 1 aliphatic heterocycles. The molecule has 0 aliphatic carbocycles. The maximum Gasteiger partial charge on any atom is 0.313 e. The van der Waals surface area contributed by atoms with E-state index in [1.54, 1.807) is 30.0 Å². The molecule has 1 aromatic carbocycles. The molecule has 9 heteroatoms. The molecule has 0 bridgehead atoms. The van der Waals surface area contributed by atoms with E-state index in [-0.39, 0.29) is 16.9 Å². The largest absolute Gasteiger partial charge is 0.383 e. The average molecular weight is 431 g/mol. The van der Waals surface area contributed by atoms with Crippen molar-refractivity contribution in [3.05, 3.63) is 47.7 Å². The summed E-state index contributed by atoms with van der Waals surface area (Å²) in [6.45, 7) is 4.25. The summed E-state index contributed by atoms with van der Waals surface area (Å²) in [6, 6.07) is 7.86. The zero-order valence-corrected chi connectivity index (χ0v) is 18.1. The molecule has 2 heterocycles. The Morgan fingerprint density at radius 1 is 1.20 bits per heavy atom. The third-order valence-electron chi connectivity index (χ3n) is 5.34. The number of nitrogens with two attached hydrogens (primary N) is 1. The number of pyridine rings is 1. The maximum atomic E-state index is 13.0. The van der Waals surface area contributed by atoms with Crippen LogP contribution in [-0.2, 0) is 19.4 Å². The van der Waals surface area contributed by atoms with Crippen LogP contribution in [0.15, 0.2) is 41.4 Å². The number of anilines is 2. The Bertz CT molecular complexity index is 1070. The van der Waals surface area contributed by atoms with Crippen LogP contribution in [0.4, 0.5) is 11.5 Å². The van der Waals surface area contributed by atoms with E-state index in [0.717, 1.165) is 18.2 Å². The van der Waals surface area contributed by atoms with E-state index in [2.05, 4.69) is 10.3 Å². The van der Waals surface area contributed by atoms with Crippen LogP contribution in [0.25, 0.3) is 0 Å². The molecule has 0 radical (unpaired) electrons. The summed E-state index contributed by atoms with van der Waals surface area (Å²) in [5.74, 6) is -0.753. The van der Waals surface area contributed by atoms with Crippen LogP contribution in [0.2, 0.25) is 0 Å². The van der Waals surface area contributed by atoms with Crippen molar-refractivity contribution in [2.24, 2.45) is 5.92 Å². The van der Waals surface area contributed by atoms with Crippen LogP contribution >= 0.6 is 0 Å². The molecule has 3 rings (SSSR count). The lowest BCUT2D eigenvalue weighted by Gasteiger charge is -2.38. The Labute approximate surface area is 176 Å². The van der Waals surface area contributed by atoms with E-state index in [1.807, 2.05) is 6.92 Å². The molecule has 1 saturated heterocycles. The lowest BCUT2D eigenvalue weighted by molar-refractivity contribution is -0.146. The van der Waals surface area contributed by atoms with Gasteiger partial charge in [0.25, 0.3) is 0 Å². The number of piperidine rings is 1. The average Bonchev–Trinajstić information content (AvgIpc) is 2.69. The number of aromatic nitrogens is 1. The van der Waals surface area contributed by atoms with Gasteiger partial charge in [-0.2, -0.15) is 0 Å². The molecular formula is C21H26N4O4S. The molecule has 1 fully saturated rings. The van der Waals surface area contributed by atoms with Gasteiger partial charge in [-0.25, -0.2) is 13.4 Å². The van der Waals surface area contributed by atoms with E-state index >= 15 is 0 Å². The minimum Gasteiger partial charge on any atom is -0.383 e. The molecule has 1 aromatic heterocycles. The highest BCUT2D eigenvalue weighted by Crippen LogP contribution is 2.34. The number of sulfone groups is 1. The lowest BCUT2D eigenvalue weighted by Crippen LogP contribution is -2.46. The Balaban J connectivity index is 1.81. The highest BCUT2D eigenvalue weighted by atomic mass is 32.2. The van der Waals surface area contributed by atoms with E-state index in [4.69, 9.17) is 5.73 Å². The Morgan fingerprint density at radius 3 is 2.47 bits per heavy atom. The Kier molecular flexibility index (Phi) is 6.12. The SMILES string of the molecule is Cc1cc(NC(=O)C(=O)N2C[C@@H](C)CCC2c2ccc(S(C)(=O)=O)cc2)cnc1N. The molecular weight excluding hydrogens is 404 g/mol. The number of carbonyl (C=O) groups is 2. The molecule has 2 atom stereocenters. The van der Waals surface area contributed by atoms with Crippen LogP contribution in [0.3, 0.4) is 0 Å². The van der Waals surface area contributed by atoms with Crippen molar-refractivity contribution in [3.8, 4) is 0 Å². The third-order valence-corrected chi connectivity index (χ3v) is 6.47. The summed E-state index contributed by atoms with van der Waals surface area (Å²) in [4.78, 5) is 31.4. The first-order valence-electron chi connectivity index (χ1n) is 9.70. The van der Waals surface area contributed by atoms with Gasteiger partial charge in [-0.15, -0.1) is 0 Å². The van der Waals surface area contributed by atoms with Crippen LogP contribution in [0.1, 0.15) is 36.9 Å². The second-order valence-electron chi connectivity index (χ2n) is 7.88. The zero-order valence-electron chi connectivity index (χ0n) is 17.3. The van der Waals surface area contributed by atoms with Gasteiger partial charge in [-0.1, -0.05) is 19.1 Å². The Morgan fingerprint density at radius 2 is 1.87 bits per heavy atom. The number of amides is 2. The molecule has 2 aromatic rings. The van der Waals surface area contributed by atoms with Gasteiger partial charge in [-0.3, -0.25) is 9.59 Å². The number of hydrogen-bond acceptors (Lipinski definition) is 6. The van der Waals surface area contributed by atoms with Crippen molar-refractivity contribution < 1.29 is 18.0 Å². The predicted octanol–water partition coefficient (Wildman–Crippen LogP) is 2.31. The third kappa shape index (κ3) is 4.79. The zero-order chi connectivity index (χ0) is 22.1. The highest BCUT2D eigenvalue weighted by Gasteiger charge is 2.34. The molecule has 1 unspecified atom stereocenters. The summed E-state index contributed by atoms with van der Waals surface area (Å²) in [5, 5.41) is 2.60. The maximum absolute atomic E-state index is 13.0. The van der Waals surface area contributed by atoms with Gasteiger partial charge >= 0.3 is 11.8 Å². The van der Waals surface area contributed by atoms with Gasteiger partial charge in [0.15, 0.2) is 9.84 Å².